The Morgan fingerprint density at radius 1 is 1.04 bits per heavy atom. The first kappa shape index (κ1) is 15.5. The lowest BCUT2D eigenvalue weighted by atomic mass is 10.0. The number of thiophene rings is 2. The van der Waals surface area contributed by atoms with E-state index < -0.39 is 0 Å². The minimum Gasteiger partial charge on any atom is -0.452 e. The summed E-state index contributed by atoms with van der Waals surface area (Å²) in [5.74, 6) is 1.23. The molecule has 0 aromatic carbocycles. The molecule has 2 N–H and O–H groups in total. The van der Waals surface area contributed by atoms with Crippen LogP contribution in [0.2, 0.25) is 0 Å². The summed E-state index contributed by atoms with van der Waals surface area (Å²) in [5.41, 5.74) is 10.1. The van der Waals surface area contributed by atoms with Crippen molar-refractivity contribution in [3.63, 3.8) is 0 Å². The fraction of sp³-hybridized carbons (Fsp3) is 0.100. The SMILES string of the molecule is Cc1cc(-c2cnc(N)c3oc(-c4csc5cnccc45)cc23)c(C)s1. The van der Waals surface area contributed by atoms with E-state index in [2.05, 4.69) is 41.3 Å². The normalized spacial score (nSPS) is 11.6. The Labute approximate surface area is 157 Å². The van der Waals surface area contributed by atoms with E-state index in [0.29, 0.717) is 11.4 Å². The molecule has 0 aliphatic rings. The van der Waals surface area contributed by atoms with Crippen molar-refractivity contribution in [1.82, 2.24) is 9.97 Å². The van der Waals surface area contributed by atoms with Gasteiger partial charge in [0.2, 0.25) is 0 Å². The number of nitrogen functional groups attached to an aromatic ring is 1. The fourth-order valence-corrected chi connectivity index (χ4v) is 5.22. The zero-order valence-electron chi connectivity index (χ0n) is 14.2. The lowest BCUT2D eigenvalue weighted by molar-refractivity contribution is 0.632. The minimum atomic E-state index is 0.417. The Hall–Kier alpha value is -2.70. The quantitative estimate of drug-likeness (QED) is 0.408. The summed E-state index contributed by atoms with van der Waals surface area (Å²) >= 11 is 3.45. The molecule has 0 bridgehead atoms. The molecule has 0 saturated heterocycles. The molecule has 0 atom stereocenters. The number of anilines is 1. The van der Waals surface area contributed by atoms with E-state index in [4.69, 9.17) is 10.2 Å². The van der Waals surface area contributed by atoms with Crippen LogP contribution in [0.1, 0.15) is 9.75 Å². The molecule has 5 rings (SSSR count). The molecule has 0 saturated carbocycles. The van der Waals surface area contributed by atoms with Gasteiger partial charge in [-0.05, 0) is 37.6 Å². The first-order chi connectivity index (χ1) is 12.6. The van der Waals surface area contributed by atoms with E-state index in [-0.39, 0.29) is 0 Å². The van der Waals surface area contributed by atoms with Crippen molar-refractivity contribution >= 4 is 49.5 Å². The smallest absolute Gasteiger partial charge is 0.177 e. The van der Waals surface area contributed by atoms with Crippen molar-refractivity contribution in [1.29, 1.82) is 0 Å². The van der Waals surface area contributed by atoms with E-state index in [1.807, 2.05) is 18.5 Å². The molecule has 0 aliphatic heterocycles. The topological polar surface area (TPSA) is 64.9 Å². The lowest BCUT2D eigenvalue weighted by Gasteiger charge is -2.02. The number of hydrogen-bond donors (Lipinski definition) is 1. The molecule has 0 fully saturated rings. The van der Waals surface area contributed by atoms with E-state index in [1.165, 1.54) is 15.3 Å². The highest BCUT2D eigenvalue weighted by atomic mass is 32.1. The predicted molar refractivity (Wildman–Crippen MR) is 110 cm³/mol. The number of aryl methyl sites for hydroxylation is 2. The van der Waals surface area contributed by atoms with Crippen LogP contribution in [0.3, 0.4) is 0 Å². The van der Waals surface area contributed by atoms with Gasteiger partial charge in [0.15, 0.2) is 11.4 Å². The van der Waals surface area contributed by atoms with Crippen molar-refractivity contribution in [2.75, 3.05) is 5.73 Å². The van der Waals surface area contributed by atoms with Crippen LogP contribution in [-0.2, 0) is 0 Å². The molecule has 6 heteroatoms. The molecule has 0 amide bonds. The Bertz CT molecular complexity index is 1280. The van der Waals surface area contributed by atoms with Crippen LogP contribution in [-0.4, -0.2) is 9.97 Å². The highest BCUT2D eigenvalue weighted by molar-refractivity contribution is 7.17. The van der Waals surface area contributed by atoms with Gasteiger partial charge in [0, 0.05) is 55.6 Å². The monoisotopic (exact) mass is 377 g/mol. The van der Waals surface area contributed by atoms with E-state index in [1.54, 1.807) is 28.9 Å². The second kappa shape index (κ2) is 5.65. The van der Waals surface area contributed by atoms with Crippen molar-refractivity contribution in [3.05, 3.63) is 51.9 Å². The molecule has 128 valence electrons. The van der Waals surface area contributed by atoms with Gasteiger partial charge in [0.05, 0.1) is 4.70 Å². The lowest BCUT2D eigenvalue weighted by Crippen LogP contribution is -1.91. The van der Waals surface area contributed by atoms with Gasteiger partial charge in [-0.25, -0.2) is 4.98 Å². The number of hydrogen-bond acceptors (Lipinski definition) is 6. The van der Waals surface area contributed by atoms with Gasteiger partial charge in [-0.3, -0.25) is 4.98 Å². The van der Waals surface area contributed by atoms with Crippen LogP contribution in [0, 0.1) is 13.8 Å². The molecule has 5 aromatic rings. The van der Waals surface area contributed by atoms with Crippen molar-refractivity contribution in [2.45, 2.75) is 13.8 Å². The zero-order valence-corrected chi connectivity index (χ0v) is 15.9. The molecule has 26 heavy (non-hydrogen) atoms. The molecular weight excluding hydrogens is 362 g/mol. The number of nitrogens with two attached hydrogens (primary N) is 1. The first-order valence-corrected chi connectivity index (χ1v) is 9.88. The summed E-state index contributed by atoms with van der Waals surface area (Å²) in [6, 6.07) is 6.30. The highest BCUT2D eigenvalue weighted by Gasteiger charge is 2.18. The van der Waals surface area contributed by atoms with Gasteiger partial charge in [-0.2, -0.15) is 0 Å². The van der Waals surface area contributed by atoms with Crippen molar-refractivity contribution < 1.29 is 4.42 Å². The fourth-order valence-electron chi connectivity index (χ4n) is 3.36. The van der Waals surface area contributed by atoms with Crippen molar-refractivity contribution in [2.24, 2.45) is 0 Å². The summed E-state index contributed by atoms with van der Waals surface area (Å²) < 4.78 is 7.30. The van der Waals surface area contributed by atoms with Gasteiger partial charge < -0.3 is 10.2 Å². The van der Waals surface area contributed by atoms with Crippen LogP contribution in [0.15, 0.2) is 46.6 Å². The summed E-state index contributed by atoms with van der Waals surface area (Å²) in [6.07, 6.45) is 5.53. The number of aromatic nitrogens is 2. The maximum atomic E-state index is 6.16. The molecule has 5 heterocycles. The van der Waals surface area contributed by atoms with Crippen molar-refractivity contribution in [3.8, 4) is 22.5 Å². The maximum Gasteiger partial charge on any atom is 0.177 e. The Kier molecular flexibility index (Phi) is 3.38. The Morgan fingerprint density at radius 2 is 1.92 bits per heavy atom. The Balaban J connectivity index is 1.78. The second-order valence-corrected chi connectivity index (χ2v) is 8.63. The maximum absolute atomic E-state index is 6.16. The third-order valence-electron chi connectivity index (χ3n) is 4.56. The number of furan rings is 1. The molecule has 0 radical (unpaired) electrons. The standard InChI is InChI=1S/C20H15N3OS2/c1-10-5-13(11(2)26-10)15-7-23-20(21)19-14(15)6-17(24-19)16-9-25-18-8-22-4-3-12(16)18/h3-9H,1-2H3,(H2,21,23). The first-order valence-electron chi connectivity index (χ1n) is 8.19. The van der Waals surface area contributed by atoms with Gasteiger partial charge in [0.1, 0.15) is 5.76 Å². The van der Waals surface area contributed by atoms with Gasteiger partial charge in [-0.1, -0.05) is 0 Å². The third-order valence-corrected chi connectivity index (χ3v) is 6.46. The van der Waals surface area contributed by atoms with E-state index >= 15 is 0 Å². The summed E-state index contributed by atoms with van der Waals surface area (Å²) in [7, 11) is 0. The Morgan fingerprint density at radius 3 is 2.73 bits per heavy atom. The predicted octanol–water partition coefficient (Wildman–Crippen LogP) is 6.03. The summed E-state index contributed by atoms with van der Waals surface area (Å²) in [6.45, 7) is 4.25. The highest BCUT2D eigenvalue weighted by Crippen LogP contribution is 2.41. The zero-order chi connectivity index (χ0) is 17.8. The number of fused-ring (bicyclic) bond motifs is 2. The average Bonchev–Trinajstić information content (AvgIpc) is 3.32. The van der Waals surface area contributed by atoms with E-state index in [0.717, 1.165) is 32.4 Å². The number of rotatable bonds is 2. The molecule has 0 aliphatic carbocycles. The van der Waals surface area contributed by atoms with Gasteiger partial charge >= 0.3 is 0 Å². The molecule has 0 unspecified atom stereocenters. The summed E-state index contributed by atoms with van der Waals surface area (Å²) in [5, 5.41) is 4.24. The molecule has 0 spiro atoms. The van der Waals surface area contributed by atoms with Gasteiger partial charge in [0.25, 0.3) is 0 Å². The van der Waals surface area contributed by atoms with Gasteiger partial charge in [-0.15, -0.1) is 22.7 Å². The largest absolute Gasteiger partial charge is 0.452 e. The third kappa shape index (κ3) is 2.26. The van der Waals surface area contributed by atoms with Crippen LogP contribution in [0.25, 0.3) is 43.5 Å². The minimum absolute atomic E-state index is 0.417. The van der Waals surface area contributed by atoms with Crippen LogP contribution >= 0.6 is 22.7 Å². The van der Waals surface area contributed by atoms with Crippen LogP contribution < -0.4 is 5.73 Å². The molecular formula is C20H15N3OS2. The van der Waals surface area contributed by atoms with Crippen LogP contribution in [0.4, 0.5) is 5.82 Å². The number of nitrogens with zero attached hydrogens (tertiary/aromatic N) is 2. The van der Waals surface area contributed by atoms with E-state index in [9.17, 15) is 0 Å². The summed E-state index contributed by atoms with van der Waals surface area (Å²) in [4.78, 5) is 11.1. The molecule has 4 nitrogen and oxygen atoms in total. The molecule has 5 aromatic heterocycles. The van der Waals surface area contributed by atoms with Crippen LogP contribution in [0.5, 0.6) is 0 Å². The average molecular weight is 377 g/mol. The second-order valence-electron chi connectivity index (χ2n) is 6.26. The number of pyridine rings is 2.